The molecule has 1 aliphatic heterocycles. The normalized spacial score (nSPS) is 18.2. The topological polar surface area (TPSA) is 129 Å². The van der Waals surface area contributed by atoms with Crippen LogP contribution >= 0.6 is 11.3 Å². The summed E-state index contributed by atoms with van der Waals surface area (Å²) in [7, 11) is 0. The van der Waals surface area contributed by atoms with Gasteiger partial charge in [0.25, 0.3) is 5.91 Å². The molecule has 1 aromatic carbocycles. The van der Waals surface area contributed by atoms with Gasteiger partial charge in [0.05, 0.1) is 11.0 Å². The molecule has 3 aromatic rings. The number of aliphatic hydroxyl groups is 1. The summed E-state index contributed by atoms with van der Waals surface area (Å²) in [5.74, 6) is -2.02. The maximum atomic E-state index is 12.9. The molecule has 178 valence electrons. The maximum absolute atomic E-state index is 12.9. The van der Waals surface area contributed by atoms with Crippen molar-refractivity contribution < 1.29 is 33.0 Å². The van der Waals surface area contributed by atoms with Crippen LogP contribution in [0.2, 0.25) is 0 Å². The Kier molecular flexibility index (Phi) is 6.23. The van der Waals surface area contributed by atoms with Crippen LogP contribution in [-0.4, -0.2) is 60.6 Å². The monoisotopic (exact) mass is 493 g/mol. The number of alkyl halides is 3. The molecule has 1 aliphatic rings. The molecule has 0 radical (unpaired) electrons. The number of aliphatic carboxylic acids is 1. The number of halogens is 3. The number of rotatable bonds is 5. The molecule has 0 saturated carbocycles. The van der Waals surface area contributed by atoms with Crippen LogP contribution in [0.3, 0.4) is 0 Å². The lowest BCUT2D eigenvalue weighted by atomic mass is 10.1. The van der Waals surface area contributed by atoms with Gasteiger partial charge in [0.1, 0.15) is 11.7 Å². The van der Waals surface area contributed by atoms with E-state index >= 15 is 0 Å². The number of likely N-dealkylation sites (tertiary alicyclic amines) is 1. The number of nitrogens with zero attached hydrogens (tertiary/aromatic N) is 4. The van der Waals surface area contributed by atoms with Crippen LogP contribution in [0.4, 0.5) is 24.8 Å². The smallest absolute Gasteiger partial charge is 0.433 e. The number of anilines is 2. The van der Waals surface area contributed by atoms with Gasteiger partial charge in [-0.3, -0.25) is 4.79 Å². The number of carbonyl (C=O) groups excluding carboxylic acids is 1. The lowest BCUT2D eigenvalue weighted by Gasteiger charge is -2.19. The summed E-state index contributed by atoms with van der Waals surface area (Å²) < 4.78 is 38.8. The quantitative estimate of drug-likeness (QED) is 0.494. The number of aliphatic hydroxyl groups excluding tert-OH is 1. The zero-order chi connectivity index (χ0) is 24.6. The van der Waals surface area contributed by atoms with Crippen LogP contribution in [0, 0.1) is 6.92 Å². The van der Waals surface area contributed by atoms with Gasteiger partial charge in [-0.25, -0.2) is 19.7 Å². The third-order valence-electron chi connectivity index (χ3n) is 5.08. The van der Waals surface area contributed by atoms with Crippen molar-refractivity contribution in [2.75, 3.05) is 11.9 Å². The Morgan fingerprint density at radius 2 is 2.00 bits per heavy atom. The number of amides is 1. The Labute approximate surface area is 194 Å². The van der Waals surface area contributed by atoms with E-state index in [2.05, 4.69) is 20.3 Å². The van der Waals surface area contributed by atoms with Crippen LogP contribution in [-0.2, 0) is 11.0 Å². The van der Waals surface area contributed by atoms with E-state index in [9.17, 15) is 33.0 Å². The lowest BCUT2D eigenvalue weighted by Crippen LogP contribution is -2.40. The van der Waals surface area contributed by atoms with Gasteiger partial charge in [-0.1, -0.05) is 6.07 Å². The second-order valence-electron chi connectivity index (χ2n) is 7.71. The number of carboxylic acid groups (broad SMARTS) is 1. The number of aromatic nitrogens is 3. The van der Waals surface area contributed by atoms with Crippen LogP contribution in [0.25, 0.3) is 10.4 Å². The molecule has 34 heavy (non-hydrogen) atoms. The molecular weight excluding hydrogens is 475 g/mol. The number of hydrogen-bond acceptors (Lipinski definition) is 8. The predicted molar refractivity (Wildman–Crippen MR) is 116 cm³/mol. The first-order valence-corrected chi connectivity index (χ1v) is 10.8. The maximum Gasteiger partial charge on any atom is 0.433 e. The molecule has 2 aromatic heterocycles. The molecule has 0 aliphatic carbocycles. The summed E-state index contributed by atoms with van der Waals surface area (Å²) in [6.45, 7) is 1.69. The summed E-state index contributed by atoms with van der Waals surface area (Å²) in [4.78, 5) is 37.4. The van der Waals surface area contributed by atoms with E-state index in [1.807, 2.05) is 0 Å². The predicted octanol–water partition coefficient (Wildman–Crippen LogP) is 3.33. The number of hydrogen-bond donors (Lipinski definition) is 3. The van der Waals surface area contributed by atoms with Gasteiger partial charge in [-0.2, -0.15) is 13.2 Å². The summed E-state index contributed by atoms with van der Waals surface area (Å²) in [6, 6.07) is 4.80. The molecule has 2 atom stereocenters. The number of thiazole rings is 1. The van der Waals surface area contributed by atoms with E-state index in [-0.39, 0.29) is 23.9 Å². The number of benzene rings is 1. The molecule has 0 spiro atoms. The fourth-order valence-corrected chi connectivity index (χ4v) is 4.46. The van der Waals surface area contributed by atoms with Gasteiger partial charge in [-0.15, -0.1) is 11.3 Å². The summed E-state index contributed by atoms with van der Waals surface area (Å²) in [5, 5.41) is 21.9. The minimum atomic E-state index is -4.60. The minimum absolute atomic E-state index is 0.0518. The number of aryl methyl sites for hydroxylation is 1. The molecule has 9 nitrogen and oxygen atoms in total. The standard InChI is InChI=1S/C21H18F3N5O4S/c1-10-4-11(6-12(5-10)27-20-25-3-2-16(28-20)21(22,23)24)15-8-26-17(34-15)18(31)29-9-13(30)7-14(29)19(32)33/h2-6,8,13-14,30H,7,9H2,1H3,(H,32,33)(H,25,27,28)/t13-,14-/m1/s1. The second kappa shape index (κ2) is 8.99. The molecule has 0 bridgehead atoms. The molecule has 1 fully saturated rings. The molecule has 3 N–H and O–H groups in total. The lowest BCUT2D eigenvalue weighted by molar-refractivity contribution is -0.142. The SMILES string of the molecule is Cc1cc(Nc2nccc(C(F)(F)F)n2)cc(-c2cnc(C(=O)N3C[C@H](O)C[C@@H]3C(=O)O)s2)c1. The van der Waals surface area contributed by atoms with Gasteiger partial charge in [-0.05, 0) is 36.2 Å². The van der Waals surface area contributed by atoms with Crippen LogP contribution < -0.4 is 5.32 Å². The van der Waals surface area contributed by atoms with Crippen molar-refractivity contribution >= 4 is 34.8 Å². The molecular formula is C21H18F3N5O4S. The van der Waals surface area contributed by atoms with E-state index in [0.717, 1.165) is 34.1 Å². The van der Waals surface area contributed by atoms with Crippen molar-refractivity contribution in [2.45, 2.75) is 31.7 Å². The van der Waals surface area contributed by atoms with Crippen molar-refractivity contribution in [1.82, 2.24) is 19.9 Å². The van der Waals surface area contributed by atoms with E-state index < -0.39 is 35.9 Å². The van der Waals surface area contributed by atoms with Gasteiger partial charge in [0.2, 0.25) is 5.95 Å². The average Bonchev–Trinajstić information content (AvgIpc) is 3.40. The third kappa shape index (κ3) is 4.99. The number of nitrogens with one attached hydrogen (secondary N) is 1. The van der Waals surface area contributed by atoms with E-state index in [1.165, 1.54) is 6.20 Å². The molecule has 13 heteroatoms. The van der Waals surface area contributed by atoms with Gasteiger partial charge in [0.15, 0.2) is 5.01 Å². The molecule has 1 amide bonds. The van der Waals surface area contributed by atoms with Crippen molar-refractivity contribution in [3.05, 3.63) is 52.9 Å². The van der Waals surface area contributed by atoms with Crippen LogP contribution in [0.5, 0.6) is 0 Å². The zero-order valence-electron chi connectivity index (χ0n) is 17.6. The fourth-order valence-electron chi connectivity index (χ4n) is 3.61. The highest BCUT2D eigenvalue weighted by Gasteiger charge is 2.40. The molecule has 0 unspecified atom stereocenters. The number of carboxylic acids is 1. The highest BCUT2D eigenvalue weighted by molar-refractivity contribution is 7.17. The summed E-state index contributed by atoms with van der Waals surface area (Å²) in [5.41, 5.74) is 0.781. The van der Waals surface area contributed by atoms with Crippen molar-refractivity contribution in [2.24, 2.45) is 0 Å². The van der Waals surface area contributed by atoms with E-state index in [1.54, 1.807) is 25.1 Å². The third-order valence-corrected chi connectivity index (χ3v) is 6.11. The average molecular weight is 493 g/mol. The molecule has 4 rings (SSSR count). The van der Waals surface area contributed by atoms with Crippen LogP contribution in [0.15, 0.2) is 36.7 Å². The highest BCUT2D eigenvalue weighted by atomic mass is 32.1. The first-order valence-electron chi connectivity index (χ1n) is 9.98. The molecule has 1 saturated heterocycles. The van der Waals surface area contributed by atoms with Gasteiger partial charge in [0, 0.05) is 31.0 Å². The summed E-state index contributed by atoms with van der Waals surface area (Å²) in [6.07, 6.45) is -3.11. The summed E-state index contributed by atoms with van der Waals surface area (Å²) >= 11 is 1.04. The Hall–Kier alpha value is -3.58. The fraction of sp³-hybridized carbons (Fsp3) is 0.286. The van der Waals surface area contributed by atoms with E-state index in [0.29, 0.717) is 16.1 Å². The molecule has 3 heterocycles. The van der Waals surface area contributed by atoms with Crippen molar-refractivity contribution in [3.63, 3.8) is 0 Å². The van der Waals surface area contributed by atoms with Gasteiger partial charge >= 0.3 is 12.1 Å². The zero-order valence-corrected chi connectivity index (χ0v) is 18.4. The first kappa shape index (κ1) is 23.6. The first-order chi connectivity index (χ1) is 16.0. The Morgan fingerprint density at radius 3 is 2.71 bits per heavy atom. The minimum Gasteiger partial charge on any atom is -0.480 e. The van der Waals surface area contributed by atoms with Crippen molar-refractivity contribution in [1.29, 1.82) is 0 Å². The van der Waals surface area contributed by atoms with Gasteiger partial charge < -0.3 is 20.4 Å². The number of β-amino-alcohol motifs (C(OH)–C–C–N with tert-alkyl or cyclic N) is 1. The van der Waals surface area contributed by atoms with E-state index in [4.69, 9.17) is 0 Å². The Bertz CT molecular complexity index is 1250. The van der Waals surface area contributed by atoms with Crippen molar-refractivity contribution in [3.8, 4) is 10.4 Å². The number of carbonyl (C=O) groups is 2. The highest BCUT2D eigenvalue weighted by Crippen LogP contribution is 2.32. The largest absolute Gasteiger partial charge is 0.480 e. The Morgan fingerprint density at radius 1 is 1.24 bits per heavy atom. The van der Waals surface area contributed by atoms with Crippen LogP contribution in [0.1, 0.15) is 27.5 Å². The second-order valence-corrected chi connectivity index (χ2v) is 8.74. The Balaban J connectivity index is 1.57.